The minimum atomic E-state index is -0.915. The number of rotatable bonds is 6. The molecule has 1 aromatic carbocycles. The van der Waals surface area contributed by atoms with Gasteiger partial charge in [-0.3, -0.25) is 9.59 Å². The van der Waals surface area contributed by atoms with Gasteiger partial charge in [-0.15, -0.1) is 0 Å². The Morgan fingerprint density at radius 1 is 1.32 bits per heavy atom. The highest BCUT2D eigenvalue weighted by Gasteiger charge is 2.46. The Morgan fingerprint density at radius 3 is 2.94 bits per heavy atom. The molecular weight excluding hydrogens is 403 g/mol. The van der Waals surface area contributed by atoms with Crippen LogP contribution in [0.4, 0.5) is 4.39 Å². The van der Waals surface area contributed by atoms with Gasteiger partial charge in [0.2, 0.25) is 0 Å². The topological polar surface area (TPSA) is 81.9 Å². The summed E-state index contributed by atoms with van der Waals surface area (Å²) in [6.45, 7) is 3.45. The predicted octanol–water partition coefficient (Wildman–Crippen LogP) is 3.37. The molecule has 31 heavy (non-hydrogen) atoms. The van der Waals surface area contributed by atoms with Crippen molar-refractivity contribution >= 4 is 11.9 Å². The van der Waals surface area contributed by atoms with Crippen LogP contribution in [-0.2, 0) is 25.5 Å². The van der Waals surface area contributed by atoms with Crippen LogP contribution >= 0.6 is 0 Å². The molecule has 2 aliphatic heterocycles. The summed E-state index contributed by atoms with van der Waals surface area (Å²) >= 11 is 0. The highest BCUT2D eigenvalue weighted by atomic mass is 19.1. The Morgan fingerprint density at radius 2 is 2.19 bits per heavy atom. The van der Waals surface area contributed by atoms with E-state index < -0.39 is 11.5 Å². The fourth-order valence-corrected chi connectivity index (χ4v) is 4.48. The number of piperidine rings is 1. The summed E-state index contributed by atoms with van der Waals surface area (Å²) in [6.07, 6.45) is 2.67. The quantitative estimate of drug-likeness (QED) is 0.654. The van der Waals surface area contributed by atoms with Crippen LogP contribution in [0, 0.1) is 11.2 Å². The number of benzene rings is 1. The maximum absolute atomic E-state index is 13.6. The molecule has 8 heteroatoms. The zero-order valence-electron chi connectivity index (χ0n) is 17.6. The molecule has 2 saturated heterocycles. The normalized spacial score (nSPS) is 23.7. The summed E-state index contributed by atoms with van der Waals surface area (Å²) in [5.74, 6) is -0.272. The van der Waals surface area contributed by atoms with Crippen LogP contribution in [0.5, 0.6) is 0 Å². The zero-order valence-corrected chi connectivity index (χ0v) is 17.6. The number of carbonyl (C=O) groups is 2. The van der Waals surface area contributed by atoms with Crippen molar-refractivity contribution in [2.45, 2.75) is 45.1 Å². The molecule has 0 radical (unpaired) electrons. The smallest absolute Gasteiger partial charge is 0.314 e. The average Bonchev–Trinajstić information content (AvgIpc) is 3.46. The maximum Gasteiger partial charge on any atom is 0.314 e. The van der Waals surface area contributed by atoms with E-state index in [0.29, 0.717) is 49.4 Å². The largest absolute Gasteiger partial charge is 0.466 e. The third kappa shape index (κ3) is 4.63. The van der Waals surface area contributed by atoms with Gasteiger partial charge in [0, 0.05) is 37.7 Å². The van der Waals surface area contributed by atoms with Crippen molar-refractivity contribution in [1.82, 2.24) is 10.1 Å². The molecule has 0 aliphatic carbocycles. The molecule has 1 amide bonds. The number of hydrogen-bond donors (Lipinski definition) is 0. The second-order valence-electron chi connectivity index (χ2n) is 8.23. The highest BCUT2D eigenvalue weighted by Crippen LogP contribution is 2.37. The van der Waals surface area contributed by atoms with E-state index in [1.165, 1.54) is 12.1 Å². The lowest BCUT2D eigenvalue weighted by Gasteiger charge is -2.41. The minimum absolute atomic E-state index is 0.0658. The lowest BCUT2D eigenvalue weighted by atomic mass is 9.76. The van der Waals surface area contributed by atoms with Gasteiger partial charge in [-0.2, -0.15) is 0 Å². The van der Waals surface area contributed by atoms with Gasteiger partial charge in [0.1, 0.15) is 23.4 Å². The number of carbonyl (C=O) groups excluding carboxylic acids is 2. The van der Waals surface area contributed by atoms with E-state index in [4.69, 9.17) is 14.0 Å². The van der Waals surface area contributed by atoms with Crippen molar-refractivity contribution in [2.24, 2.45) is 5.41 Å². The summed E-state index contributed by atoms with van der Waals surface area (Å²) in [5.41, 5.74) is 0.178. The number of hydrogen-bond acceptors (Lipinski definition) is 6. The molecule has 1 aromatic heterocycles. The molecule has 0 spiro atoms. The van der Waals surface area contributed by atoms with Gasteiger partial charge in [0.25, 0.3) is 5.91 Å². The van der Waals surface area contributed by atoms with Crippen LogP contribution in [-0.4, -0.2) is 54.3 Å². The lowest BCUT2D eigenvalue weighted by molar-refractivity contribution is -0.162. The molecule has 166 valence electrons. The molecule has 2 aromatic rings. The van der Waals surface area contributed by atoms with Crippen molar-refractivity contribution in [1.29, 1.82) is 0 Å². The Hall–Kier alpha value is -2.74. The van der Waals surface area contributed by atoms with Gasteiger partial charge in [-0.25, -0.2) is 4.39 Å². The van der Waals surface area contributed by atoms with Crippen molar-refractivity contribution in [3.05, 3.63) is 41.9 Å². The van der Waals surface area contributed by atoms with Gasteiger partial charge in [0.15, 0.2) is 0 Å². The van der Waals surface area contributed by atoms with Crippen LogP contribution < -0.4 is 0 Å². The first kappa shape index (κ1) is 21.5. The van der Waals surface area contributed by atoms with Crippen molar-refractivity contribution < 1.29 is 28.0 Å². The van der Waals surface area contributed by atoms with Crippen LogP contribution in [0.15, 0.2) is 34.9 Å². The van der Waals surface area contributed by atoms with Gasteiger partial charge in [-0.1, -0.05) is 17.3 Å². The molecular formula is C23H27FN2O5. The van der Waals surface area contributed by atoms with E-state index in [-0.39, 0.29) is 37.3 Å². The number of aromatic nitrogens is 1. The summed E-state index contributed by atoms with van der Waals surface area (Å²) in [6, 6.07) is 7.81. The third-order valence-electron chi connectivity index (χ3n) is 5.99. The zero-order chi connectivity index (χ0) is 21.8. The van der Waals surface area contributed by atoms with E-state index in [9.17, 15) is 14.0 Å². The highest BCUT2D eigenvalue weighted by molar-refractivity contribution is 5.83. The molecule has 2 atom stereocenters. The first-order chi connectivity index (χ1) is 15.0. The van der Waals surface area contributed by atoms with E-state index in [2.05, 4.69) is 5.16 Å². The Kier molecular flexibility index (Phi) is 6.36. The standard InChI is InChI=1S/C23H27FN2O5/c1-2-29-22(28)23(9-5-10-26(15-23)21(27)20-8-4-11-30-20)14-18-13-19(25-31-18)16-6-3-7-17(24)12-16/h3,6-7,12-13,20H,2,4-5,8-11,14-15H2,1H3/t20-,23+/m1/s1. The molecule has 0 unspecified atom stereocenters. The second-order valence-corrected chi connectivity index (χ2v) is 8.23. The number of esters is 1. The van der Waals surface area contributed by atoms with Crippen molar-refractivity contribution in [2.75, 3.05) is 26.3 Å². The van der Waals surface area contributed by atoms with Crippen molar-refractivity contribution in [3.63, 3.8) is 0 Å². The second kappa shape index (κ2) is 9.18. The average molecular weight is 430 g/mol. The molecule has 3 heterocycles. The van der Waals surface area contributed by atoms with E-state index in [1.807, 2.05) is 0 Å². The predicted molar refractivity (Wildman–Crippen MR) is 109 cm³/mol. The summed E-state index contributed by atoms with van der Waals surface area (Å²) in [7, 11) is 0. The third-order valence-corrected chi connectivity index (χ3v) is 5.99. The fraction of sp³-hybridized carbons (Fsp3) is 0.522. The number of halogens is 1. The minimum Gasteiger partial charge on any atom is -0.466 e. The molecule has 4 rings (SSSR count). The number of amides is 1. The molecule has 0 bridgehead atoms. The van der Waals surface area contributed by atoms with E-state index in [1.54, 1.807) is 30.0 Å². The SMILES string of the molecule is CCOC(=O)[C@]1(Cc2cc(-c3cccc(F)c3)no2)CCCN(C(=O)[C@H]2CCCO2)C1. The molecule has 2 aliphatic rings. The van der Waals surface area contributed by atoms with E-state index in [0.717, 1.165) is 6.42 Å². The Balaban J connectivity index is 1.56. The van der Waals surface area contributed by atoms with Crippen molar-refractivity contribution in [3.8, 4) is 11.3 Å². The fourth-order valence-electron chi connectivity index (χ4n) is 4.48. The van der Waals surface area contributed by atoms with Crippen LogP contribution in [0.25, 0.3) is 11.3 Å². The first-order valence-corrected chi connectivity index (χ1v) is 10.8. The first-order valence-electron chi connectivity index (χ1n) is 10.8. The van der Waals surface area contributed by atoms with Crippen LogP contribution in [0.3, 0.4) is 0 Å². The lowest BCUT2D eigenvalue weighted by Crippen LogP contribution is -2.53. The monoisotopic (exact) mass is 430 g/mol. The summed E-state index contributed by atoms with van der Waals surface area (Å²) < 4.78 is 30.0. The maximum atomic E-state index is 13.6. The van der Waals surface area contributed by atoms with Gasteiger partial charge in [-0.05, 0) is 44.7 Å². The Labute approximate surface area is 180 Å². The molecule has 0 N–H and O–H groups in total. The van der Waals surface area contributed by atoms with Gasteiger partial charge in [0.05, 0.1) is 12.0 Å². The summed E-state index contributed by atoms with van der Waals surface area (Å²) in [4.78, 5) is 27.7. The molecule has 7 nitrogen and oxygen atoms in total. The molecule has 0 saturated carbocycles. The summed E-state index contributed by atoms with van der Waals surface area (Å²) in [5, 5.41) is 4.05. The van der Waals surface area contributed by atoms with E-state index >= 15 is 0 Å². The molecule has 2 fully saturated rings. The number of nitrogens with zero attached hydrogens (tertiary/aromatic N) is 2. The number of ether oxygens (including phenoxy) is 2. The number of likely N-dealkylation sites (tertiary alicyclic amines) is 1. The van der Waals surface area contributed by atoms with Crippen LogP contribution in [0.2, 0.25) is 0 Å². The Bertz CT molecular complexity index is 940. The van der Waals surface area contributed by atoms with Gasteiger partial charge < -0.3 is 18.9 Å². The van der Waals surface area contributed by atoms with Gasteiger partial charge >= 0.3 is 5.97 Å². The van der Waals surface area contributed by atoms with Crippen LogP contribution in [0.1, 0.15) is 38.4 Å².